The molecule has 0 bridgehead atoms. The van der Waals surface area contributed by atoms with Crippen LogP contribution in [0.1, 0.15) is 191 Å². The summed E-state index contributed by atoms with van der Waals surface area (Å²) in [6, 6.07) is 0. The molecule has 3 rings (SSSR count). The lowest BCUT2D eigenvalue weighted by atomic mass is 9.71. The summed E-state index contributed by atoms with van der Waals surface area (Å²) in [5.74, 6) is 2.31. The van der Waals surface area contributed by atoms with E-state index in [1.165, 1.54) is 116 Å². The maximum atomic E-state index is 2.26. The molecule has 0 aromatic rings. The van der Waals surface area contributed by atoms with Gasteiger partial charge in [-0.05, 0) is 11.8 Å². The van der Waals surface area contributed by atoms with Crippen LogP contribution in [0.25, 0.3) is 0 Å². The van der Waals surface area contributed by atoms with E-state index < -0.39 is 0 Å². The van der Waals surface area contributed by atoms with Gasteiger partial charge in [0.2, 0.25) is 0 Å². The largest absolute Gasteiger partial charge is 0.0776 e. The zero-order chi connectivity index (χ0) is 20.7. The van der Waals surface area contributed by atoms with Crippen molar-refractivity contribution in [1.29, 1.82) is 0 Å². The van der Waals surface area contributed by atoms with E-state index >= 15 is 0 Å². The van der Waals surface area contributed by atoms with Gasteiger partial charge >= 0.3 is 0 Å². The van der Waals surface area contributed by atoms with Gasteiger partial charge in [-0.1, -0.05) is 191 Å². The van der Waals surface area contributed by atoms with Crippen molar-refractivity contribution in [3.63, 3.8) is 0 Å². The minimum atomic E-state index is 0. The quantitative estimate of drug-likeness (QED) is 0.283. The van der Waals surface area contributed by atoms with Gasteiger partial charge < -0.3 is 0 Å². The average Bonchev–Trinajstić information content (AvgIpc) is 3.09. The molecule has 194 valence electrons. The molecule has 31 heavy (non-hydrogen) atoms. The maximum Gasteiger partial charge on any atom is -0.0386 e. The first-order chi connectivity index (χ1) is 13.9. The number of fused-ring (bicyclic) bond motifs is 1. The van der Waals surface area contributed by atoms with Gasteiger partial charge in [0.15, 0.2) is 0 Å². The molecule has 0 aliphatic heterocycles. The molecule has 3 fully saturated rings. The summed E-state index contributed by atoms with van der Waals surface area (Å²) in [5.41, 5.74) is 0. The molecule has 3 aliphatic carbocycles. The lowest BCUT2D eigenvalue weighted by Crippen LogP contribution is -2.22. The van der Waals surface area contributed by atoms with E-state index in [1.807, 2.05) is 13.8 Å². The molecule has 0 radical (unpaired) electrons. The zero-order valence-electron chi connectivity index (χ0n) is 20.7. The molecule has 0 spiro atoms. The van der Waals surface area contributed by atoms with Gasteiger partial charge in [0.25, 0.3) is 0 Å². The van der Waals surface area contributed by atoms with Crippen molar-refractivity contribution in [2.24, 2.45) is 11.8 Å². The molecule has 0 unspecified atom stereocenters. The van der Waals surface area contributed by atoms with Crippen molar-refractivity contribution in [3.8, 4) is 0 Å². The molecule has 0 nitrogen and oxygen atoms in total. The average molecular weight is 443 g/mol. The number of rotatable bonds is 6. The Morgan fingerprint density at radius 1 is 0.387 bits per heavy atom. The summed E-state index contributed by atoms with van der Waals surface area (Å²) in [5, 5.41) is 0. The maximum absolute atomic E-state index is 2.26. The minimum Gasteiger partial charge on any atom is -0.0776 e. The van der Waals surface area contributed by atoms with E-state index in [2.05, 4.69) is 13.8 Å². The lowest BCUT2D eigenvalue weighted by Gasteiger charge is -2.35. The van der Waals surface area contributed by atoms with Gasteiger partial charge in [-0.3, -0.25) is 0 Å². The van der Waals surface area contributed by atoms with Crippen molar-refractivity contribution < 1.29 is 0 Å². The van der Waals surface area contributed by atoms with Crippen LogP contribution >= 0.6 is 0 Å². The highest BCUT2D eigenvalue weighted by atomic mass is 14.3. The van der Waals surface area contributed by atoms with Crippen molar-refractivity contribution in [2.75, 3.05) is 0 Å². The van der Waals surface area contributed by atoms with E-state index in [-0.39, 0.29) is 22.3 Å². The molecular formula is C31H70. The molecular weight excluding hydrogens is 372 g/mol. The van der Waals surface area contributed by atoms with Crippen LogP contribution in [0.5, 0.6) is 0 Å². The van der Waals surface area contributed by atoms with Crippen molar-refractivity contribution >= 4 is 0 Å². The van der Waals surface area contributed by atoms with Crippen LogP contribution in [-0.4, -0.2) is 0 Å². The van der Waals surface area contributed by atoms with Crippen molar-refractivity contribution in [1.82, 2.24) is 0 Å². The van der Waals surface area contributed by atoms with E-state index in [4.69, 9.17) is 0 Å². The molecule has 3 saturated carbocycles. The Labute approximate surface area is 203 Å². The highest BCUT2D eigenvalue weighted by Crippen LogP contribution is 2.40. The second-order valence-electron chi connectivity index (χ2n) is 9.33. The molecule has 0 atom stereocenters. The second kappa shape index (κ2) is 32.2. The topological polar surface area (TPSA) is 0 Å². The van der Waals surface area contributed by atoms with Crippen LogP contribution < -0.4 is 0 Å². The van der Waals surface area contributed by atoms with E-state index in [9.17, 15) is 0 Å². The van der Waals surface area contributed by atoms with Gasteiger partial charge in [-0.2, -0.15) is 0 Å². The number of hydrogen-bond donors (Lipinski definition) is 0. The molecule has 0 aromatic carbocycles. The predicted octanol–water partition coefficient (Wildman–Crippen LogP) is 12.8. The molecule has 3 aliphatic rings. The van der Waals surface area contributed by atoms with Crippen LogP contribution in [0.4, 0.5) is 0 Å². The Bertz CT molecular complexity index is 218. The standard InChI is InChI=1S/C10H18.C9H20.C7H14.C2H6.3CH4/c1-2-6-10-8-4-3-7-9(10)5-1;1-3-5-7-9-8-6-4-2;1-2-4-6-7-5-3-1;1-2;;;/h9-10H,1-8H2;3-9H2,1-2H3;1-7H2;1-2H3;3*1H4. The smallest absolute Gasteiger partial charge is 0.0386 e. The second-order valence-corrected chi connectivity index (χ2v) is 9.33. The molecule has 0 saturated heterocycles. The Kier molecular flexibility index (Phi) is 39.7. The van der Waals surface area contributed by atoms with Gasteiger partial charge in [-0.15, -0.1) is 0 Å². The highest BCUT2D eigenvalue weighted by molar-refractivity contribution is 4.78. The molecule has 0 amide bonds. The molecule has 0 aromatic heterocycles. The first-order valence-electron chi connectivity index (χ1n) is 13.9. The third-order valence-corrected chi connectivity index (χ3v) is 6.92. The number of hydrogen-bond acceptors (Lipinski definition) is 0. The van der Waals surface area contributed by atoms with E-state index in [0.717, 1.165) is 11.8 Å². The molecule has 0 heteroatoms. The summed E-state index contributed by atoms with van der Waals surface area (Å²) < 4.78 is 0. The molecule has 0 N–H and O–H groups in total. The predicted molar refractivity (Wildman–Crippen MR) is 151 cm³/mol. The van der Waals surface area contributed by atoms with Gasteiger partial charge in [0.1, 0.15) is 0 Å². The van der Waals surface area contributed by atoms with Crippen LogP contribution in [0.15, 0.2) is 0 Å². The summed E-state index contributed by atoms with van der Waals surface area (Å²) in [6.45, 7) is 8.53. The van der Waals surface area contributed by atoms with Crippen LogP contribution in [0.2, 0.25) is 0 Å². The van der Waals surface area contributed by atoms with Crippen molar-refractivity contribution in [2.45, 2.75) is 191 Å². The Balaban J connectivity index is -0.000000164. The molecule has 0 heterocycles. The van der Waals surface area contributed by atoms with Gasteiger partial charge in [0, 0.05) is 0 Å². The fraction of sp³-hybridized carbons (Fsp3) is 1.00. The van der Waals surface area contributed by atoms with Crippen LogP contribution in [-0.2, 0) is 0 Å². The zero-order valence-corrected chi connectivity index (χ0v) is 20.7. The van der Waals surface area contributed by atoms with Crippen LogP contribution in [0.3, 0.4) is 0 Å². The SMILES string of the molecule is C.C.C.C1CCC2CCCCC2C1.C1CCCCCC1.CC.CCCCCCCCC. The highest BCUT2D eigenvalue weighted by Gasteiger charge is 2.26. The van der Waals surface area contributed by atoms with E-state index in [1.54, 1.807) is 25.7 Å². The normalized spacial score (nSPS) is 21.7. The summed E-state index contributed by atoms with van der Waals surface area (Å²) in [4.78, 5) is 0. The minimum absolute atomic E-state index is 0. The fourth-order valence-electron chi connectivity index (χ4n) is 5.13. The van der Waals surface area contributed by atoms with Gasteiger partial charge in [-0.25, -0.2) is 0 Å². The summed E-state index contributed by atoms with van der Waals surface area (Å²) >= 11 is 0. The number of unbranched alkanes of at least 4 members (excludes halogenated alkanes) is 6. The third kappa shape index (κ3) is 24.5. The summed E-state index contributed by atoms with van der Waals surface area (Å²) in [6.07, 6.45) is 32.8. The Hall–Kier alpha value is 0. The third-order valence-electron chi connectivity index (χ3n) is 6.92. The van der Waals surface area contributed by atoms with Gasteiger partial charge in [0.05, 0.1) is 0 Å². The Morgan fingerprint density at radius 2 is 0.613 bits per heavy atom. The first-order valence-corrected chi connectivity index (χ1v) is 13.9. The first kappa shape index (κ1) is 38.3. The fourth-order valence-corrected chi connectivity index (χ4v) is 5.13. The summed E-state index contributed by atoms with van der Waals surface area (Å²) in [7, 11) is 0. The monoisotopic (exact) mass is 443 g/mol. The van der Waals surface area contributed by atoms with Crippen LogP contribution in [0, 0.1) is 11.8 Å². The van der Waals surface area contributed by atoms with E-state index in [0.29, 0.717) is 0 Å². The lowest BCUT2D eigenvalue weighted by molar-refractivity contribution is 0.171. The Morgan fingerprint density at radius 3 is 0.839 bits per heavy atom. The van der Waals surface area contributed by atoms with Crippen molar-refractivity contribution in [3.05, 3.63) is 0 Å².